The van der Waals surface area contributed by atoms with E-state index in [4.69, 9.17) is 0 Å². The molecule has 0 spiro atoms. The Balaban J connectivity index is 1.77. The van der Waals surface area contributed by atoms with E-state index in [0.717, 1.165) is 18.0 Å². The molecule has 0 aliphatic carbocycles. The van der Waals surface area contributed by atoms with Crippen molar-refractivity contribution in [3.8, 4) is 0 Å². The van der Waals surface area contributed by atoms with Crippen LogP contribution in [0.5, 0.6) is 0 Å². The average molecular weight is 242 g/mol. The maximum Gasteiger partial charge on any atom is 0.0243 e. The van der Waals surface area contributed by atoms with Gasteiger partial charge in [0.2, 0.25) is 0 Å². The number of hydrogen-bond donors (Lipinski definition) is 1. The van der Waals surface area contributed by atoms with Crippen LogP contribution in [-0.2, 0) is 0 Å². The van der Waals surface area contributed by atoms with E-state index in [1.807, 2.05) is 0 Å². The van der Waals surface area contributed by atoms with E-state index in [1.54, 1.807) is 0 Å². The van der Waals surface area contributed by atoms with Gasteiger partial charge in [-0.3, -0.25) is 4.90 Å². The predicted octanol–water partition coefficient (Wildman–Crippen LogP) is 2.20. The molecular formula is C13H26N2S. The molecule has 2 rings (SSSR count). The van der Waals surface area contributed by atoms with Gasteiger partial charge in [-0.05, 0) is 44.0 Å². The lowest BCUT2D eigenvalue weighted by molar-refractivity contribution is 0.183. The first kappa shape index (κ1) is 12.7. The minimum absolute atomic E-state index is 0.758. The molecule has 1 N–H and O–H groups in total. The van der Waals surface area contributed by atoms with Gasteiger partial charge >= 0.3 is 0 Å². The topological polar surface area (TPSA) is 15.3 Å². The largest absolute Gasteiger partial charge is 0.312 e. The van der Waals surface area contributed by atoms with Gasteiger partial charge in [0, 0.05) is 24.4 Å². The molecule has 0 radical (unpaired) electrons. The highest BCUT2D eigenvalue weighted by atomic mass is 32.2. The van der Waals surface area contributed by atoms with E-state index in [0.29, 0.717) is 0 Å². The molecule has 0 aromatic heterocycles. The van der Waals surface area contributed by atoms with Gasteiger partial charge in [-0.1, -0.05) is 13.8 Å². The molecule has 2 saturated heterocycles. The van der Waals surface area contributed by atoms with Crippen molar-refractivity contribution in [1.82, 2.24) is 10.2 Å². The highest BCUT2D eigenvalue weighted by Gasteiger charge is 2.25. The van der Waals surface area contributed by atoms with Crippen LogP contribution in [-0.4, -0.2) is 48.1 Å². The summed E-state index contributed by atoms with van der Waals surface area (Å²) in [6, 6.07) is 1.54. The van der Waals surface area contributed by atoms with E-state index in [1.165, 1.54) is 50.4 Å². The number of nitrogens with zero attached hydrogens (tertiary/aromatic N) is 1. The first-order valence-electron chi connectivity index (χ1n) is 6.82. The maximum absolute atomic E-state index is 3.78. The number of likely N-dealkylation sites (tertiary alicyclic amines) is 1. The molecule has 3 heteroatoms. The highest BCUT2D eigenvalue weighted by molar-refractivity contribution is 7.99. The highest BCUT2D eigenvalue weighted by Crippen LogP contribution is 2.20. The summed E-state index contributed by atoms with van der Waals surface area (Å²) < 4.78 is 0. The van der Waals surface area contributed by atoms with Crippen molar-refractivity contribution >= 4 is 11.8 Å². The fraction of sp³-hybridized carbons (Fsp3) is 1.00. The summed E-state index contributed by atoms with van der Waals surface area (Å²) in [5.74, 6) is 3.46. The van der Waals surface area contributed by atoms with Gasteiger partial charge in [-0.25, -0.2) is 0 Å². The van der Waals surface area contributed by atoms with Gasteiger partial charge in [0.1, 0.15) is 0 Å². The van der Waals surface area contributed by atoms with Crippen molar-refractivity contribution in [3.05, 3.63) is 0 Å². The molecule has 0 bridgehead atoms. The molecule has 0 aromatic rings. The smallest absolute Gasteiger partial charge is 0.0243 e. The Kier molecular flexibility index (Phi) is 4.98. The summed E-state index contributed by atoms with van der Waals surface area (Å²) in [5, 5.41) is 3.78. The summed E-state index contributed by atoms with van der Waals surface area (Å²) in [7, 11) is 0. The molecule has 2 aliphatic heterocycles. The van der Waals surface area contributed by atoms with Crippen LogP contribution in [0.4, 0.5) is 0 Å². The van der Waals surface area contributed by atoms with Crippen molar-refractivity contribution in [2.45, 2.75) is 45.2 Å². The average Bonchev–Trinajstić information content (AvgIpc) is 2.88. The Morgan fingerprint density at radius 1 is 1.31 bits per heavy atom. The van der Waals surface area contributed by atoms with Gasteiger partial charge in [0.05, 0.1) is 0 Å². The molecule has 2 unspecified atom stereocenters. The van der Waals surface area contributed by atoms with Gasteiger partial charge in [0.25, 0.3) is 0 Å². The van der Waals surface area contributed by atoms with E-state index in [-0.39, 0.29) is 0 Å². The number of rotatable bonds is 5. The normalized spacial score (nSPS) is 29.1. The second-order valence-corrected chi connectivity index (χ2v) is 6.67. The lowest BCUT2D eigenvalue weighted by Gasteiger charge is -2.32. The van der Waals surface area contributed by atoms with Crippen LogP contribution in [0.15, 0.2) is 0 Å². The fourth-order valence-corrected chi connectivity index (χ4v) is 4.03. The Morgan fingerprint density at radius 3 is 2.62 bits per heavy atom. The van der Waals surface area contributed by atoms with Gasteiger partial charge in [-0.15, -0.1) is 0 Å². The summed E-state index contributed by atoms with van der Waals surface area (Å²) in [6.45, 7) is 8.58. The van der Waals surface area contributed by atoms with Crippen molar-refractivity contribution < 1.29 is 0 Å². The van der Waals surface area contributed by atoms with Gasteiger partial charge < -0.3 is 5.32 Å². The predicted molar refractivity (Wildman–Crippen MR) is 73.2 cm³/mol. The zero-order valence-corrected chi connectivity index (χ0v) is 11.6. The molecular weight excluding hydrogens is 216 g/mol. The fourth-order valence-electron chi connectivity index (χ4n) is 2.84. The van der Waals surface area contributed by atoms with Crippen LogP contribution >= 0.6 is 11.8 Å². The number of nitrogens with one attached hydrogen (secondary N) is 1. The second kappa shape index (κ2) is 6.27. The van der Waals surface area contributed by atoms with Gasteiger partial charge in [-0.2, -0.15) is 11.8 Å². The van der Waals surface area contributed by atoms with Crippen molar-refractivity contribution in [1.29, 1.82) is 0 Å². The van der Waals surface area contributed by atoms with E-state index in [9.17, 15) is 0 Å². The lowest BCUT2D eigenvalue weighted by atomic mass is 10.0. The van der Waals surface area contributed by atoms with Crippen LogP contribution in [0.3, 0.4) is 0 Å². The van der Waals surface area contributed by atoms with Gasteiger partial charge in [0.15, 0.2) is 0 Å². The third kappa shape index (κ3) is 3.38. The minimum atomic E-state index is 0.758. The molecule has 2 heterocycles. The zero-order valence-electron chi connectivity index (χ0n) is 10.7. The van der Waals surface area contributed by atoms with Crippen molar-refractivity contribution in [2.24, 2.45) is 5.92 Å². The number of thioether (sulfide) groups is 1. The third-order valence-corrected chi connectivity index (χ3v) is 5.09. The monoisotopic (exact) mass is 242 g/mol. The molecule has 0 saturated carbocycles. The van der Waals surface area contributed by atoms with Crippen LogP contribution < -0.4 is 5.32 Å². The summed E-state index contributed by atoms with van der Waals surface area (Å²) in [5.41, 5.74) is 0. The van der Waals surface area contributed by atoms with Crippen LogP contribution in [0.2, 0.25) is 0 Å². The Bertz CT molecular complexity index is 196. The van der Waals surface area contributed by atoms with Crippen molar-refractivity contribution in [3.63, 3.8) is 0 Å². The zero-order chi connectivity index (χ0) is 11.4. The van der Waals surface area contributed by atoms with E-state index < -0.39 is 0 Å². The van der Waals surface area contributed by atoms with Crippen LogP contribution in [0.1, 0.15) is 33.1 Å². The molecule has 0 aromatic carbocycles. The first-order valence-corrected chi connectivity index (χ1v) is 7.98. The van der Waals surface area contributed by atoms with Crippen LogP contribution in [0, 0.1) is 5.92 Å². The molecule has 16 heavy (non-hydrogen) atoms. The standard InChI is InChI=1S/C13H26N2S/c1-11(2)13(15-6-3-4-7-15)9-14-12-5-8-16-10-12/h11-14H,3-10H2,1-2H3. The Morgan fingerprint density at radius 2 is 2.06 bits per heavy atom. The SMILES string of the molecule is CC(C)C(CNC1CCSC1)N1CCCC1. The summed E-state index contributed by atoms with van der Waals surface area (Å²) in [4.78, 5) is 2.69. The summed E-state index contributed by atoms with van der Waals surface area (Å²) >= 11 is 2.10. The van der Waals surface area contributed by atoms with E-state index >= 15 is 0 Å². The third-order valence-electron chi connectivity index (χ3n) is 3.92. The first-order chi connectivity index (χ1) is 7.77. The number of hydrogen-bond acceptors (Lipinski definition) is 3. The molecule has 2 aliphatic rings. The van der Waals surface area contributed by atoms with Crippen LogP contribution in [0.25, 0.3) is 0 Å². The maximum atomic E-state index is 3.78. The minimum Gasteiger partial charge on any atom is -0.312 e. The Labute approximate surface area is 105 Å². The quantitative estimate of drug-likeness (QED) is 0.796. The molecule has 2 atom stereocenters. The summed E-state index contributed by atoms with van der Waals surface area (Å²) in [6.07, 6.45) is 4.18. The molecule has 2 nitrogen and oxygen atoms in total. The molecule has 94 valence electrons. The van der Waals surface area contributed by atoms with E-state index in [2.05, 4.69) is 35.8 Å². The second-order valence-electron chi connectivity index (χ2n) is 5.52. The Hall–Kier alpha value is 0.270. The molecule has 0 amide bonds. The molecule has 2 fully saturated rings. The lowest BCUT2D eigenvalue weighted by Crippen LogP contribution is -2.46. The van der Waals surface area contributed by atoms with Crippen molar-refractivity contribution in [2.75, 3.05) is 31.1 Å².